The van der Waals surface area contributed by atoms with Crippen molar-refractivity contribution in [3.05, 3.63) is 0 Å². The fourth-order valence-corrected chi connectivity index (χ4v) is 2.81. The number of carbonyl (C=O) groups excluding carboxylic acids is 2. The Morgan fingerprint density at radius 2 is 1.25 bits per heavy atom. The summed E-state index contributed by atoms with van der Waals surface area (Å²) in [5, 5.41) is 0. The van der Waals surface area contributed by atoms with Crippen molar-refractivity contribution in [1.82, 2.24) is 9.80 Å². The first-order chi connectivity index (χ1) is 7.61. The lowest BCUT2D eigenvalue weighted by Gasteiger charge is -2.37. The van der Waals surface area contributed by atoms with Crippen LogP contribution in [-0.4, -0.2) is 48.8 Å². The Bertz CT molecular complexity index is 273. The Hall–Kier alpha value is -1.06. The van der Waals surface area contributed by atoms with Crippen LogP contribution in [0.15, 0.2) is 0 Å². The zero-order valence-corrected chi connectivity index (χ0v) is 10.1. The van der Waals surface area contributed by atoms with Crippen molar-refractivity contribution in [2.75, 3.05) is 27.2 Å². The summed E-state index contributed by atoms with van der Waals surface area (Å²) >= 11 is 0. The van der Waals surface area contributed by atoms with Crippen molar-refractivity contribution >= 4 is 11.8 Å². The number of rotatable bonds is 0. The summed E-state index contributed by atoms with van der Waals surface area (Å²) in [6, 6.07) is 0. The molecule has 2 atom stereocenters. The molecule has 2 rings (SSSR count). The maximum Gasteiger partial charge on any atom is 0.226 e. The van der Waals surface area contributed by atoms with Crippen molar-refractivity contribution in [2.24, 2.45) is 11.8 Å². The number of hydrogen-bond donors (Lipinski definition) is 0. The molecule has 2 aliphatic rings. The molecule has 0 spiro atoms. The van der Waals surface area contributed by atoms with Crippen LogP contribution in [0.25, 0.3) is 0 Å². The van der Waals surface area contributed by atoms with Gasteiger partial charge in [-0.15, -0.1) is 0 Å². The van der Waals surface area contributed by atoms with Crippen molar-refractivity contribution in [1.29, 1.82) is 0 Å². The Morgan fingerprint density at radius 3 is 1.62 bits per heavy atom. The molecule has 0 aromatic carbocycles. The van der Waals surface area contributed by atoms with Gasteiger partial charge in [0.25, 0.3) is 0 Å². The van der Waals surface area contributed by atoms with E-state index in [2.05, 4.69) is 0 Å². The van der Waals surface area contributed by atoms with Gasteiger partial charge in [-0.2, -0.15) is 0 Å². The summed E-state index contributed by atoms with van der Waals surface area (Å²) in [5.41, 5.74) is 0. The molecule has 1 aliphatic heterocycles. The highest BCUT2D eigenvalue weighted by Gasteiger charge is 2.39. The average molecular weight is 224 g/mol. The van der Waals surface area contributed by atoms with E-state index in [9.17, 15) is 9.59 Å². The topological polar surface area (TPSA) is 40.6 Å². The van der Waals surface area contributed by atoms with E-state index in [1.807, 2.05) is 14.1 Å². The average Bonchev–Trinajstić information content (AvgIpc) is 2.32. The minimum atomic E-state index is -0.0611. The Balaban J connectivity index is 2.23. The fourth-order valence-electron chi connectivity index (χ4n) is 2.81. The van der Waals surface area contributed by atoms with Gasteiger partial charge in [0.05, 0.1) is 0 Å². The van der Waals surface area contributed by atoms with Gasteiger partial charge in [0.2, 0.25) is 11.8 Å². The van der Waals surface area contributed by atoms with Crippen LogP contribution in [0.4, 0.5) is 0 Å². The predicted molar refractivity (Wildman–Crippen MR) is 60.7 cm³/mol. The maximum atomic E-state index is 12.1. The van der Waals surface area contributed by atoms with Gasteiger partial charge in [0.1, 0.15) is 0 Å². The molecule has 0 radical (unpaired) electrons. The van der Waals surface area contributed by atoms with E-state index in [0.29, 0.717) is 13.1 Å². The quantitative estimate of drug-likeness (QED) is 0.608. The number of nitrogens with zero attached hydrogens (tertiary/aromatic N) is 2. The third kappa shape index (κ3) is 1.93. The van der Waals surface area contributed by atoms with Crippen LogP contribution in [0.2, 0.25) is 0 Å². The summed E-state index contributed by atoms with van der Waals surface area (Å²) in [6.45, 7) is 1.31. The number of hydrogen-bond acceptors (Lipinski definition) is 2. The second-order valence-corrected chi connectivity index (χ2v) is 5.02. The Kier molecular flexibility index (Phi) is 3.17. The molecule has 4 heteroatoms. The molecule has 90 valence electrons. The highest BCUT2D eigenvalue weighted by Crippen LogP contribution is 2.33. The van der Waals surface area contributed by atoms with Crippen LogP contribution < -0.4 is 0 Å². The third-order valence-electron chi connectivity index (χ3n) is 3.92. The largest absolute Gasteiger partial charge is 0.344 e. The molecular formula is C12H20N2O2. The van der Waals surface area contributed by atoms with E-state index in [-0.39, 0.29) is 23.7 Å². The van der Waals surface area contributed by atoms with Gasteiger partial charge in [-0.25, -0.2) is 0 Å². The first-order valence-electron chi connectivity index (χ1n) is 6.11. The van der Waals surface area contributed by atoms with E-state index < -0.39 is 0 Å². The third-order valence-corrected chi connectivity index (χ3v) is 3.92. The molecule has 16 heavy (non-hydrogen) atoms. The highest BCUT2D eigenvalue weighted by atomic mass is 16.2. The summed E-state index contributed by atoms with van der Waals surface area (Å²) in [6.07, 6.45) is 3.93. The van der Waals surface area contributed by atoms with E-state index in [4.69, 9.17) is 0 Å². The van der Waals surface area contributed by atoms with Gasteiger partial charge in [-0.05, 0) is 12.8 Å². The lowest BCUT2D eigenvalue weighted by molar-refractivity contribution is -0.150. The molecule has 1 heterocycles. The molecule has 0 bridgehead atoms. The van der Waals surface area contributed by atoms with Gasteiger partial charge in [-0.1, -0.05) is 12.8 Å². The number of likely N-dealkylation sites (N-methyl/N-ethyl adjacent to an activating group) is 2. The number of amides is 2. The van der Waals surface area contributed by atoms with Crippen LogP contribution >= 0.6 is 0 Å². The molecule has 0 unspecified atom stereocenters. The zero-order valence-electron chi connectivity index (χ0n) is 10.1. The van der Waals surface area contributed by atoms with E-state index in [0.717, 1.165) is 25.7 Å². The predicted octanol–water partition coefficient (Wildman–Crippen LogP) is 0.723. The lowest BCUT2D eigenvalue weighted by Crippen LogP contribution is -2.50. The second kappa shape index (κ2) is 4.44. The maximum absolute atomic E-state index is 12.1. The van der Waals surface area contributed by atoms with E-state index in [1.165, 1.54) is 0 Å². The zero-order chi connectivity index (χ0) is 11.7. The van der Waals surface area contributed by atoms with Gasteiger partial charge in [0.15, 0.2) is 0 Å². The number of carbonyl (C=O) groups is 2. The smallest absolute Gasteiger partial charge is 0.226 e. The molecular weight excluding hydrogens is 204 g/mol. The minimum absolute atomic E-state index is 0.0611. The Morgan fingerprint density at radius 1 is 0.875 bits per heavy atom. The molecule has 0 aromatic rings. The molecule has 2 fully saturated rings. The molecule has 1 saturated carbocycles. The number of fused-ring (bicyclic) bond motifs is 1. The summed E-state index contributed by atoms with van der Waals surface area (Å²) in [5.74, 6) is 0.223. The Labute approximate surface area is 96.6 Å². The normalized spacial score (nSPS) is 32.1. The first-order valence-corrected chi connectivity index (χ1v) is 6.11. The minimum Gasteiger partial charge on any atom is -0.344 e. The van der Waals surface area contributed by atoms with Crippen LogP contribution in [0.3, 0.4) is 0 Å². The SMILES string of the molecule is CN1CCN(C)C(=O)[C@@H]2CCCC[C@H]2C1=O. The van der Waals surface area contributed by atoms with Crippen molar-refractivity contribution in [2.45, 2.75) is 25.7 Å². The highest BCUT2D eigenvalue weighted by molar-refractivity contribution is 5.88. The summed E-state index contributed by atoms with van der Waals surface area (Å²) in [7, 11) is 3.69. The molecule has 4 nitrogen and oxygen atoms in total. The fraction of sp³-hybridized carbons (Fsp3) is 0.833. The monoisotopic (exact) mass is 224 g/mol. The van der Waals surface area contributed by atoms with Crippen molar-refractivity contribution in [3.63, 3.8) is 0 Å². The first kappa shape index (κ1) is 11.4. The van der Waals surface area contributed by atoms with Crippen LogP contribution in [0.1, 0.15) is 25.7 Å². The lowest BCUT2D eigenvalue weighted by atomic mass is 9.77. The molecule has 0 N–H and O–H groups in total. The van der Waals surface area contributed by atoms with Crippen molar-refractivity contribution in [3.8, 4) is 0 Å². The molecule has 1 saturated heterocycles. The van der Waals surface area contributed by atoms with Crippen LogP contribution in [0, 0.1) is 11.8 Å². The summed E-state index contributed by atoms with van der Waals surface area (Å²) < 4.78 is 0. The van der Waals surface area contributed by atoms with Crippen LogP contribution in [-0.2, 0) is 9.59 Å². The molecule has 1 aliphatic carbocycles. The summed E-state index contributed by atoms with van der Waals surface area (Å²) in [4.78, 5) is 27.8. The van der Waals surface area contributed by atoms with Gasteiger partial charge in [0, 0.05) is 39.0 Å². The standard InChI is InChI=1S/C12H20N2O2/c1-13-7-8-14(2)12(16)10-6-4-3-5-9(10)11(13)15/h9-10H,3-8H2,1-2H3/t9-,10-/m1/s1. The molecule has 2 amide bonds. The molecule has 0 aromatic heterocycles. The van der Waals surface area contributed by atoms with Crippen molar-refractivity contribution < 1.29 is 9.59 Å². The van der Waals surface area contributed by atoms with Gasteiger partial charge >= 0.3 is 0 Å². The van der Waals surface area contributed by atoms with Gasteiger partial charge < -0.3 is 9.80 Å². The van der Waals surface area contributed by atoms with E-state index >= 15 is 0 Å². The van der Waals surface area contributed by atoms with E-state index in [1.54, 1.807) is 9.80 Å². The second-order valence-electron chi connectivity index (χ2n) is 5.02. The van der Waals surface area contributed by atoms with Crippen LogP contribution in [0.5, 0.6) is 0 Å². The van der Waals surface area contributed by atoms with Gasteiger partial charge in [-0.3, -0.25) is 9.59 Å².